The molecule has 1 heterocycles. The molecule has 14 nitrogen and oxygen atoms in total. The minimum absolute atomic E-state index is 0.0423. The van der Waals surface area contributed by atoms with Gasteiger partial charge in [0.25, 0.3) is 0 Å². The fraction of sp³-hybridized carbons (Fsp3) is 0.400. The highest BCUT2D eigenvalue weighted by atomic mass is 32.2. The van der Waals surface area contributed by atoms with Crippen LogP contribution in [0.1, 0.15) is 80.2 Å². The van der Waals surface area contributed by atoms with E-state index in [1.54, 1.807) is 64.1 Å². The zero-order valence-electron chi connectivity index (χ0n) is 35.1. The van der Waals surface area contributed by atoms with Crippen LogP contribution in [0.2, 0.25) is 0 Å². The SMILES string of the molecule is CCOC(=O)CCCCc1ccc(CCCCC(=O)OCC)c(S(=O)(=O)N(Cc2ccc(OC)cc2)Cc2ccc(OC)cc2)c1-c1nnnn1Cc1ccc(OC)cc1. The van der Waals surface area contributed by atoms with Gasteiger partial charge in [-0.2, -0.15) is 4.31 Å². The van der Waals surface area contributed by atoms with E-state index in [1.165, 1.54) is 4.31 Å². The molecule has 0 N–H and O–H groups in total. The van der Waals surface area contributed by atoms with E-state index in [9.17, 15) is 9.59 Å². The van der Waals surface area contributed by atoms with Crippen molar-refractivity contribution in [2.45, 2.75) is 89.7 Å². The molecule has 4 aromatic carbocycles. The number of nitrogens with zero attached hydrogens (tertiary/aromatic N) is 5. The fourth-order valence-electron chi connectivity index (χ4n) is 6.87. The van der Waals surface area contributed by atoms with E-state index in [0.29, 0.717) is 79.1 Å². The lowest BCUT2D eigenvalue weighted by molar-refractivity contribution is -0.144. The van der Waals surface area contributed by atoms with E-state index in [2.05, 4.69) is 15.5 Å². The van der Waals surface area contributed by atoms with Gasteiger partial charge in [-0.3, -0.25) is 9.59 Å². The zero-order chi connectivity index (χ0) is 42.9. The molecule has 320 valence electrons. The van der Waals surface area contributed by atoms with Gasteiger partial charge in [-0.1, -0.05) is 48.5 Å². The Morgan fingerprint density at radius 2 is 1.07 bits per heavy atom. The topological polar surface area (TPSA) is 161 Å². The number of sulfonamides is 1. The van der Waals surface area contributed by atoms with E-state index < -0.39 is 10.0 Å². The van der Waals surface area contributed by atoms with E-state index in [1.807, 2.05) is 60.7 Å². The van der Waals surface area contributed by atoms with E-state index in [0.717, 1.165) is 16.7 Å². The number of aryl methyl sites for hydroxylation is 2. The standard InChI is InChI=1S/C45H55N5O9S/c1-6-58-41(51)14-10-8-12-36-22-23-37(13-9-11-15-42(52)59-7-2)44(43(36)45-46-47-48-50(45)32-35-20-28-40(57-5)29-21-35)60(53,54)49(30-33-16-24-38(55-3)25-17-33)31-34-18-26-39(56-4)27-19-34/h16-29H,6-15,30-32H2,1-5H3. The number of methoxy groups -OCH3 is 3. The van der Waals surface area contributed by atoms with Crippen LogP contribution in [0.4, 0.5) is 0 Å². The van der Waals surface area contributed by atoms with Gasteiger partial charge in [-0.05, 0) is 127 Å². The van der Waals surface area contributed by atoms with Gasteiger partial charge in [0.15, 0.2) is 5.82 Å². The van der Waals surface area contributed by atoms with Crippen LogP contribution in [0.5, 0.6) is 17.2 Å². The van der Waals surface area contributed by atoms with Crippen molar-refractivity contribution >= 4 is 22.0 Å². The molecule has 5 aromatic rings. The number of rotatable bonds is 24. The molecular formula is C45H55N5O9S. The van der Waals surface area contributed by atoms with Gasteiger partial charge in [-0.15, -0.1) is 5.10 Å². The minimum Gasteiger partial charge on any atom is -0.497 e. The van der Waals surface area contributed by atoms with Gasteiger partial charge in [-0.25, -0.2) is 13.1 Å². The highest BCUT2D eigenvalue weighted by Crippen LogP contribution is 2.38. The molecule has 0 fully saturated rings. The second kappa shape index (κ2) is 22.5. The Labute approximate surface area is 352 Å². The molecular weight excluding hydrogens is 787 g/mol. The van der Waals surface area contributed by atoms with Gasteiger partial charge >= 0.3 is 11.9 Å². The average Bonchev–Trinajstić information content (AvgIpc) is 3.72. The Hall–Kier alpha value is -5.80. The fourth-order valence-corrected chi connectivity index (χ4v) is 8.74. The molecule has 0 saturated carbocycles. The molecule has 0 aliphatic heterocycles. The number of carbonyl (C=O) groups is 2. The van der Waals surface area contributed by atoms with Crippen molar-refractivity contribution in [3.05, 3.63) is 113 Å². The second-order valence-electron chi connectivity index (χ2n) is 14.1. The van der Waals surface area contributed by atoms with Crippen LogP contribution in [0.15, 0.2) is 89.8 Å². The molecule has 0 amide bonds. The summed E-state index contributed by atoms with van der Waals surface area (Å²) in [5, 5.41) is 13.0. The first kappa shape index (κ1) is 45.3. The van der Waals surface area contributed by atoms with Crippen LogP contribution < -0.4 is 14.2 Å². The number of carbonyl (C=O) groups excluding carboxylic acids is 2. The van der Waals surface area contributed by atoms with Crippen molar-refractivity contribution in [3.8, 4) is 28.6 Å². The first-order valence-corrected chi connectivity index (χ1v) is 21.7. The predicted octanol–water partition coefficient (Wildman–Crippen LogP) is 7.36. The summed E-state index contributed by atoms with van der Waals surface area (Å²) in [7, 11) is 0.389. The van der Waals surface area contributed by atoms with Gasteiger partial charge in [0, 0.05) is 31.5 Å². The predicted molar refractivity (Wildman–Crippen MR) is 226 cm³/mol. The second-order valence-corrected chi connectivity index (χ2v) is 16.0. The van der Waals surface area contributed by atoms with Crippen LogP contribution >= 0.6 is 0 Å². The molecule has 15 heteroatoms. The number of ether oxygens (including phenoxy) is 5. The third-order valence-corrected chi connectivity index (χ3v) is 11.9. The van der Waals surface area contributed by atoms with E-state index in [-0.39, 0.29) is 61.7 Å². The summed E-state index contributed by atoms with van der Waals surface area (Å²) in [6.45, 7) is 4.45. The molecule has 0 aliphatic carbocycles. The van der Waals surface area contributed by atoms with Crippen LogP contribution in [0.3, 0.4) is 0 Å². The molecule has 1 aromatic heterocycles. The van der Waals surface area contributed by atoms with Gasteiger partial charge in [0.05, 0.1) is 46.0 Å². The number of hydrogen-bond donors (Lipinski definition) is 0. The van der Waals surface area contributed by atoms with Crippen molar-refractivity contribution in [1.82, 2.24) is 24.5 Å². The molecule has 0 unspecified atom stereocenters. The highest BCUT2D eigenvalue weighted by molar-refractivity contribution is 7.89. The molecule has 60 heavy (non-hydrogen) atoms. The molecule has 0 aliphatic rings. The Balaban J connectivity index is 1.68. The number of esters is 2. The summed E-state index contributed by atoms with van der Waals surface area (Å²) in [5.74, 6) is 1.69. The smallest absolute Gasteiger partial charge is 0.305 e. The summed E-state index contributed by atoms with van der Waals surface area (Å²) < 4.78 is 61.1. The number of unbranched alkanes of at least 4 members (excludes halogenated alkanes) is 2. The normalized spacial score (nSPS) is 11.4. The van der Waals surface area contributed by atoms with E-state index >= 15 is 8.42 Å². The van der Waals surface area contributed by atoms with Crippen LogP contribution in [-0.2, 0) is 61.6 Å². The summed E-state index contributed by atoms with van der Waals surface area (Å²) in [6.07, 6.45) is 3.37. The summed E-state index contributed by atoms with van der Waals surface area (Å²) in [5.41, 5.74) is 4.06. The lowest BCUT2D eigenvalue weighted by Crippen LogP contribution is -2.32. The van der Waals surface area contributed by atoms with Crippen molar-refractivity contribution in [3.63, 3.8) is 0 Å². The van der Waals surface area contributed by atoms with E-state index in [4.69, 9.17) is 23.7 Å². The van der Waals surface area contributed by atoms with Gasteiger partial charge in [0.1, 0.15) is 17.2 Å². The monoisotopic (exact) mass is 841 g/mol. The summed E-state index contributed by atoms with van der Waals surface area (Å²) >= 11 is 0. The van der Waals surface area contributed by atoms with Crippen molar-refractivity contribution in [2.75, 3.05) is 34.5 Å². The Bertz CT molecular complexity index is 2200. The Morgan fingerprint density at radius 3 is 1.53 bits per heavy atom. The summed E-state index contributed by atoms with van der Waals surface area (Å²) in [4.78, 5) is 24.6. The molecule has 5 rings (SSSR count). The first-order valence-electron chi connectivity index (χ1n) is 20.2. The Morgan fingerprint density at radius 1 is 0.617 bits per heavy atom. The van der Waals surface area contributed by atoms with Crippen molar-refractivity contribution in [2.24, 2.45) is 0 Å². The number of tetrazole rings is 1. The number of hydrogen-bond acceptors (Lipinski definition) is 12. The molecule has 0 atom stereocenters. The zero-order valence-corrected chi connectivity index (χ0v) is 35.9. The van der Waals surface area contributed by atoms with Gasteiger partial charge < -0.3 is 23.7 Å². The Kier molecular flexibility index (Phi) is 17.0. The molecule has 0 saturated heterocycles. The maximum absolute atomic E-state index is 15.8. The third kappa shape index (κ3) is 12.4. The number of benzene rings is 4. The lowest BCUT2D eigenvalue weighted by Gasteiger charge is -2.27. The largest absolute Gasteiger partial charge is 0.497 e. The third-order valence-electron chi connectivity index (χ3n) is 9.97. The van der Waals surface area contributed by atoms with Crippen molar-refractivity contribution in [1.29, 1.82) is 0 Å². The minimum atomic E-state index is -4.37. The quantitative estimate of drug-likeness (QED) is 0.0449. The van der Waals surface area contributed by atoms with Gasteiger partial charge in [0.2, 0.25) is 10.0 Å². The maximum Gasteiger partial charge on any atom is 0.305 e. The summed E-state index contributed by atoms with van der Waals surface area (Å²) in [6, 6.07) is 25.9. The average molecular weight is 842 g/mol. The number of aromatic nitrogens is 4. The molecule has 0 bridgehead atoms. The lowest BCUT2D eigenvalue weighted by atomic mass is 9.95. The highest BCUT2D eigenvalue weighted by Gasteiger charge is 2.34. The molecule has 0 radical (unpaired) electrons. The van der Waals surface area contributed by atoms with Crippen LogP contribution in [0.25, 0.3) is 11.4 Å². The first-order chi connectivity index (χ1) is 29.1. The van der Waals surface area contributed by atoms with Crippen LogP contribution in [0, 0.1) is 0 Å². The maximum atomic E-state index is 15.8. The van der Waals surface area contributed by atoms with Crippen LogP contribution in [-0.4, -0.2) is 79.4 Å². The van der Waals surface area contributed by atoms with Crippen molar-refractivity contribution < 1.29 is 41.7 Å². The molecule has 0 spiro atoms.